The molecule has 0 heterocycles. The lowest BCUT2D eigenvalue weighted by atomic mass is 9.95. The number of amides is 2. The smallest absolute Gasteiger partial charge is 0.314 e. The highest BCUT2D eigenvalue weighted by molar-refractivity contribution is 6.21. The van der Waals surface area contributed by atoms with Gasteiger partial charge in [-0.2, -0.15) is 0 Å². The van der Waals surface area contributed by atoms with E-state index in [0.29, 0.717) is 0 Å². The van der Waals surface area contributed by atoms with Crippen LogP contribution in [0.2, 0.25) is 0 Å². The molecule has 1 rings (SSSR count). The van der Waals surface area contributed by atoms with Crippen molar-refractivity contribution < 1.29 is 4.79 Å². The molecule has 0 aliphatic heterocycles. The molecule has 0 bridgehead atoms. The summed E-state index contributed by atoms with van der Waals surface area (Å²) in [6, 6.07) is 0.0212. The summed E-state index contributed by atoms with van der Waals surface area (Å²) in [6.07, 6.45) is 4.36. The zero-order chi connectivity index (χ0) is 8.97. The van der Waals surface area contributed by atoms with Gasteiger partial charge in [-0.05, 0) is 12.8 Å². The van der Waals surface area contributed by atoms with Crippen LogP contribution in [0.15, 0.2) is 0 Å². The van der Waals surface area contributed by atoms with Gasteiger partial charge in [-0.3, -0.25) is 0 Å². The highest BCUT2D eigenvalue weighted by Crippen LogP contribution is 2.22. The van der Waals surface area contributed by atoms with Crippen LogP contribution in [-0.4, -0.2) is 24.5 Å². The van der Waals surface area contributed by atoms with Crippen LogP contribution in [0.1, 0.15) is 25.7 Å². The largest absolute Gasteiger partial charge is 0.341 e. The number of rotatable bonds is 1. The normalized spacial score (nSPS) is 29.5. The van der Waals surface area contributed by atoms with Crippen LogP contribution < -0.4 is 10.6 Å². The molecule has 0 saturated heterocycles. The Labute approximate surface area is 77.9 Å². The van der Waals surface area contributed by atoms with Gasteiger partial charge >= 0.3 is 6.03 Å². The predicted octanol–water partition coefficient (Wildman–Crippen LogP) is 1.47. The van der Waals surface area contributed by atoms with Gasteiger partial charge in [0, 0.05) is 13.1 Å². The fourth-order valence-electron chi connectivity index (χ4n) is 1.49. The van der Waals surface area contributed by atoms with Crippen molar-refractivity contribution in [2.45, 2.75) is 37.1 Å². The molecule has 1 fully saturated rings. The molecule has 4 heteroatoms. The molecule has 2 N–H and O–H groups in total. The standard InChI is InChI=1S/C8H15ClN2O/c1-10-8(12)11-7-5-3-2-4-6(7)9/h6-7H,2-5H2,1H3,(H2,10,11,12)/t6-,7-/m1/s1. The van der Waals surface area contributed by atoms with Gasteiger partial charge in [-0.15, -0.1) is 11.6 Å². The summed E-state index contributed by atoms with van der Waals surface area (Å²) in [5.41, 5.74) is 0. The van der Waals surface area contributed by atoms with Gasteiger partial charge in [0.1, 0.15) is 0 Å². The van der Waals surface area contributed by atoms with Crippen molar-refractivity contribution in [3.05, 3.63) is 0 Å². The Morgan fingerprint density at radius 3 is 2.67 bits per heavy atom. The zero-order valence-electron chi connectivity index (χ0n) is 7.27. The Morgan fingerprint density at radius 2 is 2.08 bits per heavy atom. The van der Waals surface area contributed by atoms with Crippen LogP contribution in [0.3, 0.4) is 0 Å². The van der Waals surface area contributed by atoms with Crippen molar-refractivity contribution in [1.29, 1.82) is 0 Å². The lowest BCUT2D eigenvalue weighted by Crippen LogP contribution is -2.46. The molecule has 0 radical (unpaired) electrons. The van der Waals surface area contributed by atoms with Crippen LogP contribution in [0.25, 0.3) is 0 Å². The quantitative estimate of drug-likeness (QED) is 0.604. The van der Waals surface area contributed by atoms with Gasteiger partial charge in [0.15, 0.2) is 0 Å². The molecular weight excluding hydrogens is 176 g/mol. The van der Waals surface area contributed by atoms with E-state index in [1.165, 1.54) is 6.42 Å². The van der Waals surface area contributed by atoms with E-state index in [0.717, 1.165) is 19.3 Å². The molecule has 1 aliphatic carbocycles. The van der Waals surface area contributed by atoms with E-state index >= 15 is 0 Å². The summed E-state index contributed by atoms with van der Waals surface area (Å²) in [5, 5.41) is 5.47. The fraction of sp³-hybridized carbons (Fsp3) is 0.875. The average molecular weight is 191 g/mol. The first-order valence-electron chi connectivity index (χ1n) is 4.36. The summed E-state index contributed by atoms with van der Waals surface area (Å²) < 4.78 is 0. The molecule has 0 aromatic carbocycles. The minimum absolute atomic E-state index is 0.107. The Hall–Kier alpha value is -0.440. The molecule has 2 amide bonds. The van der Waals surface area contributed by atoms with Gasteiger partial charge in [0.05, 0.1) is 5.38 Å². The number of halogens is 1. The second kappa shape index (κ2) is 4.55. The van der Waals surface area contributed by atoms with Gasteiger partial charge < -0.3 is 10.6 Å². The number of carbonyl (C=O) groups excluding carboxylic acids is 1. The van der Waals surface area contributed by atoms with E-state index in [1.54, 1.807) is 7.05 Å². The number of urea groups is 1. The Balaban J connectivity index is 2.33. The molecule has 70 valence electrons. The highest BCUT2D eigenvalue weighted by Gasteiger charge is 2.23. The van der Waals surface area contributed by atoms with E-state index < -0.39 is 0 Å². The maximum Gasteiger partial charge on any atom is 0.314 e. The first-order valence-corrected chi connectivity index (χ1v) is 4.80. The third-order valence-electron chi connectivity index (χ3n) is 2.23. The van der Waals surface area contributed by atoms with Crippen LogP contribution >= 0.6 is 11.6 Å². The Morgan fingerprint density at radius 1 is 1.42 bits per heavy atom. The fourth-order valence-corrected chi connectivity index (χ4v) is 1.83. The van der Waals surface area contributed by atoms with E-state index in [4.69, 9.17) is 11.6 Å². The third-order valence-corrected chi connectivity index (χ3v) is 2.75. The summed E-state index contributed by atoms with van der Waals surface area (Å²) in [7, 11) is 1.61. The summed E-state index contributed by atoms with van der Waals surface area (Å²) in [6.45, 7) is 0. The lowest BCUT2D eigenvalue weighted by Gasteiger charge is -2.27. The second-order valence-electron chi connectivity index (χ2n) is 3.13. The van der Waals surface area contributed by atoms with Crippen molar-refractivity contribution in [2.75, 3.05) is 7.05 Å². The SMILES string of the molecule is CNC(=O)N[C@@H]1CCCC[C@H]1Cl. The van der Waals surface area contributed by atoms with Crippen molar-refractivity contribution in [1.82, 2.24) is 10.6 Å². The summed E-state index contributed by atoms with van der Waals surface area (Å²) in [4.78, 5) is 10.9. The Bertz CT molecular complexity index is 163. The number of carbonyl (C=O) groups is 1. The van der Waals surface area contributed by atoms with Gasteiger partial charge in [-0.25, -0.2) is 4.79 Å². The second-order valence-corrected chi connectivity index (χ2v) is 3.69. The molecule has 0 aromatic rings. The maximum atomic E-state index is 10.9. The summed E-state index contributed by atoms with van der Waals surface area (Å²) in [5.74, 6) is 0. The summed E-state index contributed by atoms with van der Waals surface area (Å²) >= 11 is 6.04. The molecule has 1 saturated carbocycles. The van der Waals surface area contributed by atoms with E-state index in [-0.39, 0.29) is 17.5 Å². The monoisotopic (exact) mass is 190 g/mol. The molecule has 2 atom stereocenters. The van der Waals surface area contributed by atoms with Crippen LogP contribution in [0, 0.1) is 0 Å². The topological polar surface area (TPSA) is 41.1 Å². The molecular formula is C8H15ClN2O. The van der Waals surface area contributed by atoms with Gasteiger partial charge in [-0.1, -0.05) is 12.8 Å². The van der Waals surface area contributed by atoms with E-state index in [9.17, 15) is 4.79 Å². The first kappa shape index (κ1) is 9.65. The van der Waals surface area contributed by atoms with Crippen molar-refractivity contribution in [3.63, 3.8) is 0 Å². The number of hydrogen-bond acceptors (Lipinski definition) is 1. The molecule has 12 heavy (non-hydrogen) atoms. The zero-order valence-corrected chi connectivity index (χ0v) is 8.03. The van der Waals surface area contributed by atoms with Crippen molar-refractivity contribution in [2.24, 2.45) is 0 Å². The van der Waals surface area contributed by atoms with Gasteiger partial charge in [0.2, 0.25) is 0 Å². The Kier molecular flexibility index (Phi) is 3.66. The van der Waals surface area contributed by atoms with Crippen LogP contribution in [0.4, 0.5) is 4.79 Å². The third kappa shape index (κ3) is 2.55. The first-order chi connectivity index (χ1) is 5.74. The van der Waals surface area contributed by atoms with Crippen molar-refractivity contribution in [3.8, 4) is 0 Å². The lowest BCUT2D eigenvalue weighted by molar-refractivity contribution is 0.235. The molecule has 3 nitrogen and oxygen atoms in total. The van der Waals surface area contributed by atoms with Crippen LogP contribution in [0.5, 0.6) is 0 Å². The van der Waals surface area contributed by atoms with E-state index in [2.05, 4.69) is 10.6 Å². The van der Waals surface area contributed by atoms with Crippen molar-refractivity contribution >= 4 is 17.6 Å². The molecule has 0 unspecified atom stereocenters. The maximum absolute atomic E-state index is 10.9. The van der Waals surface area contributed by atoms with E-state index in [1.807, 2.05) is 0 Å². The molecule has 0 aromatic heterocycles. The predicted molar refractivity (Wildman–Crippen MR) is 49.5 cm³/mol. The average Bonchev–Trinajstić information content (AvgIpc) is 2.09. The highest BCUT2D eigenvalue weighted by atomic mass is 35.5. The minimum atomic E-state index is -0.132. The van der Waals surface area contributed by atoms with Crippen LogP contribution in [-0.2, 0) is 0 Å². The molecule has 1 aliphatic rings. The number of alkyl halides is 1. The minimum Gasteiger partial charge on any atom is -0.341 e. The number of hydrogen-bond donors (Lipinski definition) is 2. The van der Waals surface area contributed by atoms with Gasteiger partial charge in [0.25, 0.3) is 0 Å². The number of nitrogens with one attached hydrogen (secondary N) is 2. The molecule has 0 spiro atoms.